The van der Waals surface area contributed by atoms with Gasteiger partial charge in [-0.3, -0.25) is 9.67 Å². The molecule has 0 bridgehead atoms. The van der Waals surface area contributed by atoms with Gasteiger partial charge in [0.25, 0.3) is 0 Å². The summed E-state index contributed by atoms with van der Waals surface area (Å²) in [4.78, 5) is 4.44. The highest BCUT2D eigenvalue weighted by Crippen LogP contribution is 2.27. The van der Waals surface area contributed by atoms with Gasteiger partial charge in [0.1, 0.15) is 0 Å². The lowest BCUT2D eigenvalue weighted by Gasteiger charge is -2.20. The molecule has 1 aromatic carbocycles. The summed E-state index contributed by atoms with van der Waals surface area (Å²) < 4.78 is 1.82. The fourth-order valence-corrected chi connectivity index (χ4v) is 2.59. The molecule has 0 radical (unpaired) electrons. The van der Waals surface area contributed by atoms with E-state index in [0.717, 1.165) is 29.6 Å². The zero-order valence-corrected chi connectivity index (χ0v) is 12.3. The number of aromatic nitrogens is 4. The lowest BCUT2D eigenvalue weighted by atomic mass is 9.99. The molecule has 0 aliphatic rings. The van der Waals surface area contributed by atoms with E-state index in [1.165, 1.54) is 5.56 Å². The van der Waals surface area contributed by atoms with Crippen LogP contribution in [0.5, 0.6) is 0 Å². The van der Waals surface area contributed by atoms with Crippen molar-refractivity contribution in [2.24, 2.45) is 7.05 Å². The number of rotatable bonds is 5. The van der Waals surface area contributed by atoms with Gasteiger partial charge in [-0.25, -0.2) is 0 Å². The summed E-state index contributed by atoms with van der Waals surface area (Å²) >= 11 is 0. The van der Waals surface area contributed by atoms with E-state index in [2.05, 4.69) is 39.7 Å². The van der Waals surface area contributed by atoms with Crippen LogP contribution >= 0.6 is 0 Å². The number of nitrogens with zero attached hydrogens (tertiary/aromatic N) is 4. The van der Waals surface area contributed by atoms with Crippen molar-refractivity contribution < 1.29 is 0 Å². The quantitative estimate of drug-likeness (QED) is 0.780. The van der Waals surface area contributed by atoms with Gasteiger partial charge in [0.2, 0.25) is 0 Å². The molecular formula is C16H19N5. The number of hydrogen-bond donors (Lipinski definition) is 1. The van der Waals surface area contributed by atoms with Crippen LogP contribution in [-0.2, 0) is 7.05 Å². The van der Waals surface area contributed by atoms with Gasteiger partial charge in [0, 0.05) is 18.6 Å². The van der Waals surface area contributed by atoms with Gasteiger partial charge in [-0.1, -0.05) is 30.3 Å². The van der Waals surface area contributed by atoms with E-state index < -0.39 is 0 Å². The SMILES string of the molecule is CCCNC(c1ccnc2ccccc12)c1cnnn1C. The number of hydrogen-bond acceptors (Lipinski definition) is 4. The summed E-state index contributed by atoms with van der Waals surface area (Å²) in [7, 11) is 1.92. The predicted molar refractivity (Wildman–Crippen MR) is 82.9 cm³/mol. The molecule has 0 saturated heterocycles. The Bertz CT molecular complexity index is 729. The average molecular weight is 281 g/mol. The van der Waals surface area contributed by atoms with E-state index in [1.54, 1.807) is 0 Å². The summed E-state index contributed by atoms with van der Waals surface area (Å²) in [6, 6.07) is 10.4. The van der Waals surface area contributed by atoms with Crippen molar-refractivity contribution in [2.75, 3.05) is 6.54 Å². The largest absolute Gasteiger partial charge is 0.305 e. The number of nitrogens with one attached hydrogen (secondary N) is 1. The second kappa shape index (κ2) is 6.01. The van der Waals surface area contributed by atoms with E-state index in [1.807, 2.05) is 42.3 Å². The molecule has 0 saturated carbocycles. The summed E-state index contributed by atoms with van der Waals surface area (Å²) in [5.74, 6) is 0. The highest BCUT2D eigenvalue weighted by atomic mass is 15.4. The second-order valence-electron chi connectivity index (χ2n) is 5.09. The van der Waals surface area contributed by atoms with Crippen molar-refractivity contribution in [3.8, 4) is 0 Å². The second-order valence-corrected chi connectivity index (χ2v) is 5.09. The van der Waals surface area contributed by atoms with Crippen LogP contribution in [0.4, 0.5) is 0 Å². The van der Waals surface area contributed by atoms with Crippen LogP contribution in [-0.4, -0.2) is 26.5 Å². The smallest absolute Gasteiger partial charge is 0.0798 e. The van der Waals surface area contributed by atoms with Crippen LogP contribution in [0.3, 0.4) is 0 Å². The monoisotopic (exact) mass is 281 g/mol. The van der Waals surface area contributed by atoms with Crippen molar-refractivity contribution >= 4 is 10.9 Å². The van der Waals surface area contributed by atoms with Crippen molar-refractivity contribution in [1.29, 1.82) is 0 Å². The molecule has 3 aromatic rings. The highest BCUT2D eigenvalue weighted by molar-refractivity contribution is 5.82. The number of para-hydroxylation sites is 1. The summed E-state index contributed by atoms with van der Waals surface area (Å²) in [6.07, 6.45) is 4.76. The van der Waals surface area contributed by atoms with Crippen LogP contribution in [0.2, 0.25) is 0 Å². The lowest BCUT2D eigenvalue weighted by molar-refractivity contribution is 0.553. The fraction of sp³-hybridized carbons (Fsp3) is 0.312. The van der Waals surface area contributed by atoms with Gasteiger partial charge in [0.05, 0.1) is 23.4 Å². The third-order valence-electron chi connectivity index (χ3n) is 3.64. The molecule has 0 spiro atoms. The molecule has 1 N–H and O–H groups in total. The minimum Gasteiger partial charge on any atom is -0.305 e. The first kappa shape index (κ1) is 13.7. The molecular weight excluding hydrogens is 262 g/mol. The fourth-order valence-electron chi connectivity index (χ4n) is 2.59. The van der Waals surface area contributed by atoms with Crippen molar-refractivity contribution in [3.63, 3.8) is 0 Å². The maximum absolute atomic E-state index is 4.44. The summed E-state index contributed by atoms with van der Waals surface area (Å²) in [6.45, 7) is 3.10. The first-order valence-electron chi connectivity index (χ1n) is 7.23. The molecule has 0 amide bonds. The Morgan fingerprint density at radius 2 is 2.10 bits per heavy atom. The molecule has 0 fully saturated rings. The van der Waals surface area contributed by atoms with Gasteiger partial charge in [-0.05, 0) is 30.7 Å². The van der Waals surface area contributed by atoms with Crippen molar-refractivity contribution in [3.05, 3.63) is 54.0 Å². The molecule has 2 aromatic heterocycles. The number of aryl methyl sites for hydroxylation is 1. The molecule has 1 unspecified atom stereocenters. The molecule has 0 aliphatic heterocycles. The zero-order valence-electron chi connectivity index (χ0n) is 12.3. The van der Waals surface area contributed by atoms with Crippen LogP contribution < -0.4 is 5.32 Å². The molecule has 2 heterocycles. The van der Waals surface area contributed by atoms with Crippen molar-refractivity contribution in [2.45, 2.75) is 19.4 Å². The first-order chi connectivity index (χ1) is 10.3. The zero-order chi connectivity index (χ0) is 14.7. The highest BCUT2D eigenvalue weighted by Gasteiger charge is 2.19. The summed E-state index contributed by atoms with van der Waals surface area (Å²) in [5, 5.41) is 12.8. The molecule has 21 heavy (non-hydrogen) atoms. The normalized spacial score (nSPS) is 12.7. The average Bonchev–Trinajstić information content (AvgIpc) is 2.94. The Hall–Kier alpha value is -2.27. The Balaban J connectivity index is 2.12. The Kier molecular flexibility index (Phi) is 3.92. The Morgan fingerprint density at radius 3 is 2.86 bits per heavy atom. The van der Waals surface area contributed by atoms with E-state index >= 15 is 0 Å². The van der Waals surface area contributed by atoms with E-state index in [9.17, 15) is 0 Å². The topological polar surface area (TPSA) is 55.6 Å². The van der Waals surface area contributed by atoms with Gasteiger partial charge in [-0.15, -0.1) is 5.10 Å². The molecule has 1 atom stereocenters. The third-order valence-corrected chi connectivity index (χ3v) is 3.64. The van der Waals surface area contributed by atoms with E-state index in [0.29, 0.717) is 0 Å². The number of fused-ring (bicyclic) bond motifs is 1. The van der Waals surface area contributed by atoms with Gasteiger partial charge >= 0.3 is 0 Å². The van der Waals surface area contributed by atoms with Crippen LogP contribution in [0, 0.1) is 0 Å². The minimum absolute atomic E-state index is 0.0675. The number of benzene rings is 1. The summed E-state index contributed by atoms with van der Waals surface area (Å²) in [5.41, 5.74) is 3.27. The molecule has 108 valence electrons. The third kappa shape index (κ3) is 2.64. The maximum Gasteiger partial charge on any atom is 0.0798 e. The Labute approximate surface area is 124 Å². The molecule has 5 nitrogen and oxygen atoms in total. The first-order valence-corrected chi connectivity index (χ1v) is 7.23. The van der Waals surface area contributed by atoms with Crippen molar-refractivity contribution in [1.82, 2.24) is 25.3 Å². The lowest BCUT2D eigenvalue weighted by Crippen LogP contribution is -2.25. The van der Waals surface area contributed by atoms with Gasteiger partial charge < -0.3 is 5.32 Å². The maximum atomic E-state index is 4.44. The molecule has 0 aliphatic carbocycles. The van der Waals surface area contributed by atoms with Crippen LogP contribution in [0.1, 0.15) is 30.6 Å². The predicted octanol–water partition coefficient (Wildman–Crippen LogP) is 2.45. The molecule has 3 rings (SSSR count). The van der Waals surface area contributed by atoms with Gasteiger partial charge in [0.15, 0.2) is 0 Å². The van der Waals surface area contributed by atoms with E-state index in [4.69, 9.17) is 0 Å². The molecule has 5 heteroatoms. The minimum atomic E-state index is 0.0675. The standard InChI is InChI=1S/C16H19N5/c1-3-9-18-16(15-11-19-20-21(15)2)13-8-10-17-14-7-5-4-6-12(13)14/h4-8,10-11,16,18H,3,9H2,1-2H3. The Morgan fingerprint density at radius 1 is 1.24 bits per heavy atom. The van der Waals surface area contributed by atoms with Crippen LogP contribution in [0.15, 0.2) is 42.7 Å². The number of pyridine rings is 1. The van der Waals surface area contributed by atoms with E-state index in [-0.39, 0.29) is 6.04 Å². The van der Waals surface area contributed by atoms with Crippen LogP contribution in [0.25, 0.3) is 10.9 Å². The van der Waals surface area contributed by atoms with Gasteiger partial charge in [-0.2, -0.15) is 0 Å².